The zero-order valence-corrected chi connectivity index (χ0v) is 12.7. The Balaban J connectivity index is 1.62. The predicted molar refractivity (Wildman–Crippen MR) is 90.4 cm³/mol. The van der Waals surface area contributed by atoms with Gasteiger partial charge in [0.2, 0.25) is 0 Å². The molecule has 1 saturated carbocycles. The summed E-state index contributed by atoms with van der Waals surface area (Å²) in [7, 11) is 0. The summed E-state index contributed by atoms with van der Waals surface area (Å²) in [5, 5.41) is 0. The third kappa shape index (κ3) is 3.61. The van der Waals surface area contributed by atoms with Gasteiger partial charge in [-0.05, 0) is 36.1 Å². The molecule has 2 nitrogen and oxygen atoms in total. The van der Waals surface area contributed by atoms with Gasteiger partial charge >= 0.3 is 0 Å². The van der Waals surface area contributed by atoms with Gasteiger partial charge in [0.05, 0.1) is 11.6 Å². The molecule has 3 heteroatoms. The first-order chi connectivity index (χ1) is 10.2. The summed E-state index contributed by atoms with van der Waals surface area (Å²) >= 11 is 5.01. The molecule has 0 aromatic heterocycles. The number of thiocarbonyl (C=S) groups is 1. The highest BCUT2D eigenvalue weighted by atomic mass is 32.1. The first kappa shape index (κ1) is 14.1. The zero-order chi connectivity index (χ0) is 14.7. The second-order valence-electron chi connectivity index (χ2n) is 5.82. The van der Waals surface area contributed by atoms with Crippen molar-refractivity contribution in [2.45, 2.75) is 19.3 Å². The molecular formula is C18H19NOS. The maximum absolute atomic E-state index is 5.91. The average molecular weight is 297 g/mol. The van der Waals surface area contributed by atoms with Gasteiger partial charge in [0, 0.05) is 11.8 Å². The fraction of sp³-hybridized carbons (Fsp3) is 0.278. The normalized spacial score (nSPS) is 15.4. The van der Waals surface area contributed by atoms with Crippen LogP contribution in [0.3, 0.4) is 0 Å². The fourth-order valence-corrected chi connectivity index (χ4v) is 2.84. The van der Waals surface area contributed by atoms with Gasteiger partial charge in [-0.1, -0.05) is 54.7 Å². The van der Waals surface area contributed by atoms with E-state index >= 15 is 0 Å². The lowest BCUT2D eigenvalue weighted by atomic mass is 10.0. The van der Waals surface area contributed by atoms with Crippen LogP contribution >= 0.6 is 12.2 Å². The molecule has 1 fully saturated rings. The van der Waals surface area contributed by atoms with Gasteiger partial charge in [0.1, 0.15) is 5.75 Å². The standard InChI is InChI=1S/C18H19NOS/c19-17(21)12-18(10-11-18)13-20-16-8-6-15(7-9-16)14-4-2-1-3-5-14/h1-9H,10-13H2,(H2,19,21). The average Bonchev–Trinajstić information content (AvgIpc) is 3.26. The van der Waals surface area contributed by atoms with Crippen LogP contribution in [0.15, 0.2) is 54.6 Å². The lowest BCUT2D eigenvalue weighted by molar-refractivity contribution is 0.239. The van der Waals surface area contributed by atoms with E-state index < -0.39 is 0 Å². The molecule has 1 aliphatic carbocycles. The number of hydrogen-bond acceptors (Lipinski definition) is 2. The van der Waals surface area contributed by atoms with Crippen molar-refractivity contribution >= 4 is 17.2 Å². The van der Waals surface area contributed by atoms with E-state index in [4.69, 9.17) is 22.7 Å². The number of hydrogen-bond donors (Lipinski definition) is 1. The minimum atomic E-state index is 0.198. The van der Waals surface area contributed by atoms with Crippen LogP contribution in [0.2, 0.25) is 0 Å². The molecular weight excluding hydrogens is 278 g/mol. The first-order valence-corrected chi connectivity index (χ1v) is 7.64. The molecule has 0 heterocycles. The Kier molecular flexibility index (Phi) is 3.93. The summed E-state index contributed by atoms with van der Waals surface area (Å²) in [6.07, 6.45) is 3.11. The van der Waals surface area contributed by atoms with Crippen LogP contribution in [-0.4, -0.2) is 11.6 Å². The topological polar surface area (TPSA) is 35.2 Å². The SMILES string of the molecule is NC(=S)CC1(COc2ccc(-c3ccccc3)cc2)CC1. The van der Waals surface area contributed by atoms with Crippen molar-refractivity contribution in [1.29, 1.82) is 0 Å². The molecule has 2 aromatic carbocycles. The molecule has 0 atom stereocenters. The highest BCUT2D eigenvalue weighted by Crippen LogP contribution is 2.49. The minimum Gasteiger partial charge on any atom is -0.493 e. The van der Waals surface area contributed by atoms with E-state index in [0.717, 1.165) is 25.0 Å². The van der Waals surface area contributed by atoms with E-state index in [1.807, 2.05) is 30.3 Å². The Bertz CT molecular complexity index is 617. The molecule has 0 amide bonds. The van der Waals surface area contributed by atoms with Crippen LogP contribution in [0.4, 0.5) is 0 Å². The van der Waals surface area contributed by atoms with E-state index in [0.29, 0.717) is 11.6 Å². The summed E-state index contributed by atoms with van der Waals surface area (Å²) in [4.78, 5) is 0.593. The maximum atomic E-state index is 5.91. The Morgan fingerprint density at radius 3 is 2.19 bits per heavy atom. The predicted octanol–water partition coefficient (Wildman–Crippen LogP) is 4.19. The summed E-state index contributed by atoms with van der Waals surface area (Å²) in [5.74, 6) is 0.906. The molecule has 0 aliphatic heterocycles. The zero-order valence-electron chi connectivity index (χ0n) is 11.9. The Labute approximate surface area is 130 Å². The smallest absolute Gasteiger partial charge is 0.119 e. The van der Waals surface area contributed by atoms with Crippen LogP contribution in [0, 0.1) is 5.41 Å². The second-order valence-corrected chi connectivity index (χ2v) is 6.35. The molecule has 0 bridgehead atoms. The van der Waals surface area contributed by atoms with Gasteiger partial charge in [-0.15, -0.1) is 0 Å². The van der Waals surface area contributed by atoms with Gasteiger partial charge in [-0.25, -0.2) is 0 Å². The number of benzene rings is 2. The third-order valence-electron chi connectivity index (χ3n) is 4.01. The number of ether oxygens (including phenoxy) is 1. The summed E-state index contributed by atoms with van der Waals surface area (Å²) in [5.41, 5.74) is 8.27. The molecule has 0 saturated heterocycles. The van der Waals surface area contributed by atoms with Gasteiger partial charge in [0.25, 0.3) is 0 Å². The molecule has 108 valence electrons. The third-order valence-corrected chi connectivity index (χ3v) is 4.16. The van der Waals surface area contributed by atoms with Crippen LogP contribution in [0.5, 0.6) is 5.75 Å². The fourth-order valence-electron chi connectivity index (χ4n) is 2.53. The van der Waals surface area contributed by atoms with Gasteiger partial charge in [-0.3, -0.25) is 0 Å². The number of nitrogens with two attached hydrogens (primary N) is 1. The Morgan fingerprint density at radius 2 is 1.62 bits per heavy atom. The van der Waals surface area contributed by atoms with Crippen molar-refractivity contribution in [3.63, 3.8) is 0 Å². The number of rotatable bonds is 6. The monoisotopic (exact) mass is 297 g/mol. The van der Waals surface area contributed by atoms with E-state index in [1.165, 1.54) is 11.1 Å². The summed E-state index contributed by atoms with van der Waals surface area (Å²) in [6, 6.07) is 18.6. The van der Waals surface area contributed by atoms with E-state index in [2.05, 4.69) is 24.3 Å². The van der Waals surface area contributed by atoms with Gasteiger partial charge < -0.3 is 10.5 Å². The van der Waals surface area contributed by atoms with Crippen molar-refractivity contribution in [3.8, 4) is 16.9 Å². The van der Waals surface area contributed by atoms with Crippen molar-refractivity contribution in [2.24, 2.45) is 11.1 Å². The molecule has 21 heavy (non-hydrogen) atoms. The van der Waals surface area contributed by atoms with Crippen molar-refractivity contribution in [2.75, 3.05) is 6.61 Å². The highest BCUT2D eigenvalue weighted by Gasteiger charge is 2.43. The molecule has 2 aromatic rings. The van der Waals surface area contributed by atoms with E-state index in [-0.39, 0.29) is 5.41 Å². The molecule has 0 radical (unpaired) electrons. The van der Waals surface area contributed by atoms with E-state index in [1.54, 1.807) is 0 Å². The maximum Gasteiger partial charge on any atom is 0.119 e. The Hall–Kier alpha value is -1.87. The Morgan fingerprint density at radius 1 is 1.00 bits per heavy atom. The first-order valence-electron chi connectivity index (χ1n) is 7.24. The van der Waals surface area contributed by atoms with Gasteiger partial charge in [-0.2, -0.15) is 0 Å². The van der Waals surface area contributed by atoms with Crippen LogP contribution in [-0.2, 0) is 0 Å². The van der Waals surface area contributed by atoms with Gasteiger partial charge in [0.15, 0.2) is 0 Å². The van der Waals surface area contributed by atoms with Crippen molar-refractivity contribution in [1.82, 2.24) is 0 Å². The van der Waals surface area contributed by atoms with Crippen molar-refractivity contribution < 1.29 is 4.74 Å². The van der Waals surface area contributed by atoms with Crippen LogP contribution < -0.4 is 10.5 Å². The molecule has 0 unspecified atom stereocenters. The van der Waals surface area contributed by atoms with E-state index in [9.17, 15) is 0 Å². The molecule has 1 aliphatic rings. The van der Waals surface area contributed by atoms with Crippen LogP contribution in [0.1, 0.15) is 19.3 Å². The lowest BCUT2D eigenvalue weighted by Crippen LogP contribution is -2.20. The lowest BCUT2D eigenvalue weighted by Gasteiger charge is -2.15. The summed E-state index contributed by atoms with van der Waals surface area (Å²) < 4.78 is 5.91. The quantitative estimate of drug-likeness (QED) is 0.812. The minimum absolute atomic E-state index is 0.198. The summed E-state index contributed by atoms with van der Waals surface area (Å²) in [6.45, 7) is 0.703. The van der Waals surface area contributed by atoms with Crippen LogP contribution in [0.25, 0.3) is 11.1 Å². The second kappa shape index (κ2) is 5.86. The molecule has 3 rings (SSSR count). The highest BCUT2D eigenvalue weighted by molar-refractivity contribution is 7.80. The molecule has 2 N–H and O–H groups in total. The largest absolute Gasteiger partial charge is 0.493 e. The van der Waals surface area contributed by atoms with Crippen molar-refractivity contribution in [3.05, 3.63) is 54.6 Å². The molecule has 0 spiro atoms.